The average Bonchev–Trinajstić information content (AvgIpc) is 3.30. The van der Waals surface area contributed by atoms with Crippen LogP contribution in [0.3, 0.4) is 0 Å². The monoisotopic (exact) mass is 606 g/mol. The molecule has 0 spiro atoms. The lowest BCUT2D eigenvalue weighted by molar-refractivity contribution is 0.0240. The SMILES string of the molecule is C#N.C/C=C(\C)Cn1c(=O)n(Cc2ccccc2)c2c(N3CCN(C(=O)OC(C)(C)C)CC3)nccc21.C=CC.CC.CC. The van der Waals surface area contributed by atoms with Crippen LogP contribution in [0.4, 0.5) is 10.6 Å². The molecule has 44 heavy (non-hydrogen) atoms. The van der Waals surface area contributed by atoms with Gasteiger partial charge in [0.05, 0.1) is 12.1 Å². The number of nitrogens with zero attached hydrogens (tertiary/aromatic N) is 6. The Bertz CT molecular complexity index is 1370. The van der Waals surface area contributed by atoms with Crippen molar-refractivity contribution >= 4 is 22.9 Å². The highest BCUT2D eigenvalue weighted by atomic mass is 16.6. The Morgan fingerprint density at radius 2 is 1.55 bits per heavy atom. The molecule has 3 heterocycles. The second-order valence-electron chi connectivity index (χ2n) is 10.4. The van der Waals surface area contributed by atoms with Gasteiger partial charge < -0.3 is 14.5 Å². The van der Waals surface area contributed by atoms with Crippen molar-refractivity contribution in [3.63, 3.8) is 0 Å². The van der Waals surface area contributed by atoms with Crippen LogP contribution in [0, 0.1) is 11.8 Å². The van der Waals surface area contributed by atoms with E-state index in [1.54, 1.807) is 17.2 Å². The highest BCUT2D eigenvalue weighted by molar-refractivity contribution is 5.87. The van der Waals surface area contributed by atoms with Gasteiger partial charge in [0.2, 0.25) is 0 Å². The first-order valence-electron chi connectivity index (χ1n) is 15.4. The van der Waals surface area contributed by atoms with Gasteiger partial charge in [-0.25, -0.2) is 19.8 Å². The molecular formula is C35H54N6O3. The number of rotatable bonds is 5. The van der Waals surface area contributed by atoms with Crippen LogP contribution in [0.2, 0.25) is 0 Å². The molecule has 242 valence electrons. The van der Waals surface area contributed by atoms with Crippen LogP contribution in [0.1, 0.15) is 74.8 Å². The molecule has 4 rings (SSSR count). The van der Waals surface area contributed by atoms with Crippen molar-refractivity contribution in [1.82, 2.24) is 19.0 Å². The summed E-state index contributed by atoms with van der Waals surface area (Å²) in [6.45, 7) is 29.7. The number of ether oxygens (including phenoxy) is 1. The van der Waals surface area contributed by atoms with Crippen molar-refractivity contribution < 1.29 is 9.53 Å². The molecule has 2 aromatic heterocycles. The fourth-order valence-corrected chi connectivity index (χ4v) is 4.32. The van der Waals surface area contributed by atoms with E-state index in [4.69, 9.17) is 15.0 Å². The number of aromatic nitrogens is 3. The fraction of sp³-hybridized carbons (Fsp3) is 0.486. The Morgan fingerprint density at radius 1 is 1.00 bits per heavy atom. The molecule has 1 saturated heterocycles. The Hall–Kier alpha value is -4.32. The number of amides is 1. The van der Waals surface area contributed by atoms with E-state index < -0.39 is 5.60 Å². The maximum absolute atomic E-state index is 13.6. The Labute approximate surface area is 265 Å². The predicted molar refractivity (Wildman–Crippen MR) is 184 cm³/mol. The molecule has 9 heteroatoms. The van der Waals surface area contributed by atoms with Crippen LogP contribution in [-0.2, 0) is 17.8 Å². The van der Waals surface area contributed by atoms with E-state index in [1.807, 2.05) is 121 Å². The van der Waals surface area contributed by atoms with Crippen molar-refractivity contribution in [2.75, 3.05) is 31.1 Å². The van der Waals surface area contributed by atoms with Gasteiger partial charge in [0, 0.05) is 45.5 Å². The van der Waals surface area contributed by atoms with Gasteiger partial charge in [-0.15, -0.1) is 6.58 Å². The number of allylic oxidation sites excluding steroid dienone is 3. The lowest BCUT2D eigenvalue weighted by Crippen LogP contribution is -2.50. The first-order chi connectivity index (χ1) is 21.1. The lowest BCUT2D eigenvalue weighted by Gasteiger charge is -2.36. The third-order valence-corrected chi connectivity index (χ3v) is 6.22. The van der Waals surface area contributed by atoms with Crippen molar-refractivity contribution in [3.8, 4) is 6.57 Å². The summed E-state index contributed by atoms with van der Waals surface area (Å²) in [5.41, 5.74) is 3.30. The number of anilines is 1. The number of benzene rings is 1. The van der Waals surface area contributed by atoms with Gasteiger partial charge in [0.25, 0.3) is 0 Å². The summed E-state index contributed by atoms with van der Waals surface area (Å²) >= 11 is 0. The summed E-state index contributed by atoms with van der Waals surface area (Å²) in [7, 11) is 0. The van der Waals surface area contributed by atoms with Crippen molar-refractivity contribution in [2.24, 2.45) is 0 Å². The topological polar surface area (TPSA) is 96.4 Å². The van der Waals surface area contributed by atoms with E-state index in [0.29, 0.717) is 39.3 Å². The number of imidazole rings is 1. The van der Waals surface area contributed by atoms with E-state index >= 15 is 0 Å². The largest absolute Gasteiger partial charge is 0.444 e. The maximum atomic E-state index is 13.6. The summed E-state index contributed by atoms with van der Waals surface area (Å²) in [6.07, 6.45) is 5.26. The summed E-state index contributed by atoms with van der Waals surface area (Å²) in [4.78, 5) is 34.8. The zero-order valence-electron chi connectivity index (χ0n) is 28.6. The van der Waals surface area contributed by atoms with Gasteiger partial charge in [-0.3, -0.25) is 9.13 Å². The third kappa shape index (κ3) is 11.4. The highest BCUT2D eigenvalue weighted by Crippen LogP contribution is 2.26. The quantitative estimate of drug-likeness (QED) is 0.277. The molecule has 1 aliphatic heterocycles. The molecule has 0 N–H and O–H groups in total. The average molecular weight is 607 g/mol. The van der Waals surface area contributed by atoms with Gasteiger partial charge in [0.15, 0.2) is 5.82 Å². The second-order valence-corrected chi connectivity index (χ2v) is 10.4. The molecule has 0 saturated carbocycles. The standard InChI is InChI=1S/C27H35N5O3.C3H6.2C2H6.CHN/c1-6-20(2)18-31-22-12-13-28-24(23(22)32(25(31)33)19-21-10-8-7-9-11-21)29-14-16-30(17-15-29)26(34)35-27(3,4)5;1-3-2;3*1-2/h6-13H,14-19H2,1-5H3;3H,1H2,2H3;2*1-2H3;1H/b20-6+;;;;. The molecule has 0 bridgehead atoms. The summed E-state index contributed by atoms with van der Waals surface area (Å²) in [6, 6.07) is 11.9. The molecule has 0 radical (unpaired) electrons. The first-order valence-corrected chi connectivity index (χ1v) is 15.4. The Balaban J connectivity index is 0.00000187. The molecular weight excluding hydrogens is 552 g/mol. The van der Waals surface area contributed by atoms with Crippen LogP contribution in [0.15, 0.2) is 71.7 Å². The van der Waals surface area contributed by atoms with Crippen LogP contribution >= 0.6 is 0 Å². The molecule has 0 aliphatic carbocycles. The van der Waals surface area contributed by atoms with E-state index in [0.717, 1.165) is 28.0 Å². The predicted octanol–water partition coefficient (Wildman–Crippen LogP) is 7.65. The van der Waals surface area contributed by atoms with Crippen molar-refractivity contribution in [1.29, 1.82) is 5.26 Å². The molecule has 3 aromatic rings. The van der Waals surface area contributed by atoms with Gasteiger partial charge in [-0.2, -0.15) is 0 Å². The van der Waals surface area contributed by atoms with Crippen LogP contribution in [0.25, 0.3) is 11.0 Å². The minimum absolute atomic E-state index is 0.0494. The zero-order chi connectivity index (χ0) is 33.9. The number of piperazine rings is 1. The molecule has 1 aromatic carbocycles. The molecule has 1 amide bonds. The normalized spacial score (nSPS) is 12.6. The fourth-order valence-electron chi connectivity index (χ4n) is 4.32. The lowest BCUT2D eigenvalue weighted by atomic mass is 10.2. The van der Waals surface area contributed by atoms with E-state index in [1.165, 1.54) is 0 Å². The maximum Gasteiger partial charge on any atom is 0.410 e. The number of nitriles is 1. The Kier molecular flexibility index (Phi) is 18.5. The molecule has 9 nitrogen and oxygen atoms in total. The van der Waals surface area contributed by atoms with E-state index in [-0.39, 0.29) is 11.8 Å². The van der Waals surface area contributed by atoms with Gasteiger partial charge in [-0.1, -0.05) is 75.8 Å². The third-order valence-electron chi connectivity index (χ3n) is 6.22. The molecule has 1 aliphatic rings. The summed E-state index contributed by atoms with van der Waals surface area (Å²) < 4.78 is 9.20. The minimum atomic E-state index is -0.525. The molecule has 0 atom stereocenters. The first kappa shape index (κ1) is 39.7. The van der Waals surface area contributed by atoms with Gasteiger partial charge in [0.1, 0.15) is 11.1 Å². The number of hydrogen-bond donors (Lipinski definition) is 0. The van der Waals surface area contributed by atoms with Crippen LogP contribution in [-0.4, -0.2) is 56.9 Å². The zero-order valence-corrected chi connectivity index (χ0v) is 28.6. The van der Waals surface area contributed by atoms with E-state index in [2.05, 4.69) is 18.1 Å². The highest BCUT2D eigenvalue weighted by Gasteiger charge is 2.28. The van der Waals surface area contributed by atoms with Gasteiger partial charge >= 0.3 is 11.8 Å². The van der Waals surface area contributed by atoms with Crippen LogP contribution in [0.5, 0.6) is 0 Å². The smallest absolute Gasteiger partial charge is 0.410 e. The molecule has 1 fully saturated rings. The number of carbonyl (C=O) groups is 1. The van der Waals surface area contributed by atoms with Crippen LogP contribution < -0.4 is 10.6 Å². The van der Waals surface area contributed by atoms with Gasteiger partial charge in [-0.05, 0) is 53.2 Å². The number of carbonyl (C=O) groups excluding carboxylic acids is 1. The molecule has 0 unspecified atom stereocenters. The number of fused-ring (bicyclic) bond motifs is 1. The minimum Gasteiger partial charge on any atom is -0.444 e. The summed E-state index contributed by atoms with van der Waals surface area (Å²) in [5, 5.41) is 6.50. The van der Waals surface area contributed by atoms with Crippen molar-refractivity contribution in [3.05, 3.63) is 82.9 Å². The number of hydrogen-bond acceptors (Lipinski definition) is 6. The number of pyridine rings is 1. The second kappa shape index (κ2) is 20.6. The van der Waals surface area contributed by atoms with E-state index in [9.17, 15) is 9.59 Å². The summed E-state index contributed by atoms with van der Waals surface area (Å²) in [5.74, 6) is 0.774. The Morgan fingerprint density at radius 3 is 2.05 bits per heavy atom. The van der Waals surface area contributed by atoms with Crippen molar-refractivity contribution in [2.45, 2.75) is 87.9 Å².